The molecule has 1 heteroatoms. The van der Waals surface area contributed by atoms with E-state index in [4.69, 9.17) is 0 Å². The topological polar surface area (TPSA) is 3.24 Å². The van der Waals surface area contributed by atoms with Crippen molar-refractivity contribution >= 4 is 0 Å². The lowest BCUT2D eigenvalue weighted by atomic mass is 10.1. The van der Waals surface area contributed by atoms with Crippen LogP contribution in [0.5, 0.6) is 0 Å². The summed E-state index contributed by atoms with van der Waals surface area (Å²) in [4.78, 5) is 2.55. The molecule has 69 valence electrons. The van der Waals surface area contributed by atoms with Crippen LogP contribution in [0.1, 0.15) is 18.4 Å². The Morgan fingerprint density at radius 3 is 2.54 bits per heavy atom. The molecule has 0 N–H and O–H groups in total. The van der Waals surface area contributed by atoms with Gasteiger partial charge in [-0.15, -0.1) is 0 Å². The molecule has 0 aromatic heterocycles. The van der Waals surface area contributed by atoms with Crippen LogP contribution in [0, 0.1) is 6.07 Å². The summed E-state index contributed by atoms with van der Waals surface area (Å²) in [5, 5.41) is 0. The van der Waals surface area contributed by atoms with Gasteiger partial charge in [0.25, 0.3) is 0 Å². The van der Waals surface area contributed by atoms with E-state index in [1.807, 2.05) is 12.1 Å². The van der Waals surface area contributed by atoms with Crippen LogP contribution < -0.4 is 0 Å². The third-order valence-corrected chi connectivity index (χ3v) is 2.70. The first-order chi connectivity index (χ1) is 6.45. The Bertz CT molecular complexity index is 237. The molecule has 0 bridgehead atoms. The third-order valence-electron chi connectivity index (χ3n) is 2.70. The highest BCUT2D eigenvalue weighted by molar-refractivity contribution is 5.14. The Kier molecular flexibility index (Phi) is 2.98. The van der Waals surface area contributed by atoms with E-state index in [2.05, 4.69) is 23.1 Å². The van der Waals surface area contributed by atoms with E-state index in [0.29, 0.717) is 0 Å². The molecule has 1 aliphatic rings. The van der Waals surface area contributed by atoms with Crippen molar-refractivity contribution in [2.45, 2.75) is 19.3 Å². The van der Waals surface area contributed by atoms with E-state index in [0.717, 1.165) is 0 Å². The number of likely N-dealkylation sites (tertiary alicyclic amines) is 1. The van der Waals surface area contributed by atoms with Gasteiger partial charge in [-0.25, -0.2) is 0 Å². The first-order valence-corrected chi connectivity index (χ1v) is 5.12. The normalized spacial score (nSPS) is 17.8. The zero-order valence-corrected chi connectivity index (χ0v) is 8.00. The predicted octanol–water partition coefficient (Wildman–Crippen LogP) is 2.13. The van der Waals surface area contributed by atoms with Crippen molar-refractivity contribution in [2.24, 2.45) is 0 Å². The largest absolute Gasteiger partial charge is 0.303 e. The van der Waals surface area contributed by atoms with Crippen LogP contribution in [-0.2, 0) is 6.42 Å². The fraction of sp³-hybridized carbons (Fsp3) is 0.500. The minimum absolute atomic E-state index is 1.19. The maximum atomic E-state index is 3.05. The summed E-state index contributed by atoms with van der Waals surface area (Å²) >= 11 is 0. The van der Waals surface area contributed by atoms with Gasteiger partial charge in [-0.2, -0.15) is 0 Å². The molecule has 1 radical (unpaired) electrons. The summed E-state index contributed by atoms with van der Waals surface area (Å²) < 4.78 is 0. The van der Waals surface area contributed by atoms with Gasteiger partial charge in [-0.1, -0.05) is 24.3 Å². The van der Waals surface area contributed by atoms with Crippen LogP contribution in [0.15, 0.2) is 24.3 Å². The lowest BCUT2D eigenvalue weighted by molar-refractivity contribution is 0.343. The number of benzene rings is 1. The van der Waals surface area contributed by atoms with E-state index in [1.54, 1.807) is 0 Å². The molecule has 1 aromatic carbocycles. The average molecular weight is 174 g/mol. The highest BCUT2D eigenvalue weighted by Crippen LogP contribution is 2.08. The van der Waals surface area contributed by atoms with Gasteiger partial charge < -0.3 is 4.90 Å². The summed E-state index contributed by atoms with van der Waals surface area (Å²) in [6.45, 7) is 3.84. The molecule has 1 saturated heterocycles. The van der Waals surface area contributed by atoms with E-state index < -0.39 is 0 Å². The van der Waals surface area contributed by atoms with Crippen LogP contribution in [-0.4, -0.2) is 24.5 Å². The molecule has 1 aliphatic heterocycles. The van der Waals surface area contributed by atoms with E-state index in [1.165, 1.54) is 44.5 Å². The van der Waals surface area contributed by atoms with Gasteiger partial charge in [0.05, 0.1) is 0 Å². The van der Waals surface area contributed by atoms with Gasteiger partial charge >= 0.3 is 0 Å². The van der Waals surface area contributed by atoms with Crippen LogP contribution in [0.25, 0.3) is 0 Å². The molecule has 1 fully saturated rings. The number of nitrogens with zero attached hydrogens (tertiary/aromatic N) is 1. The summed E-state index contributed by atoms with van der Waals surface area (Å²) in [6.07, 6.45) is 3.97. The number of hydrogen-bond donors (Lipinski definition) is 0. The number of hydrogen-bond acceptors (Lipinski definition) is 1. The zero-order valence-electron chi connectivity index (χ0n) is 8.00. The third kappa shape index (κ3) is 2.56. The van der Waals surface area contributed by atoms with Crippen molar-refractivity contribution in [2.75, 3.05) is 19.6 Å². The molecule has 0 unspecified atom stereocenters. The monoisotopic (exact) mass is 174 g/mol. The standard InChI is InChI=1S/C12H16N/c1-2-6-12(7-3-1)8-11-13-9-4-5-10-13/h2-3,6-7H,4-5,8-11H2. The second-order valence-corrected chi connectivity index (χ2v) is 3.71. The van der Waals surface area contributed by atoms with Gasteiger partial charge in [0.2, 0.25) is 0 Å². The Morgan fingerprint density at radius 2 is 1.85 bits per heavy atom. The van der Waals surface area contributed by atoms with E-state index in [9.17, 15) is 0 Å². The van der Waals surface area contributed by atoms with Crippen molar-refractivity contribution in [3.05, 3.63) is 35.9 Å². The van der Waals surface area contributed by atoms with Crippen LogP contribution >= 0.6 is 0 Å². The minimum atomic E-state index is 1.19. The lowest BCUT2D eigenvalue weighted by Gasteiger charge is -2.13. The Balaban J connectivity index is 1.79. The molecule has 2 rings (SSSR count). The summed E-state index contributed by atoms with van der Waals surface area (Å²) in [6, 6.07) is 11.4. The van der Waals surface area contributed by atoms with E-state index >= 15 is 0 Å². The molecule has 0 aliphatic carbocycles. The second-order valence-electron chi connectivity index (χ2n) is 3.71. The average Bonchev–Trinajstić information content (AvgIpc) is 2.69. The van der Waals surface area contributed by atoms with Gasteiger partial charge in [0.15, 0.2) is 0 Å². The highest BCUT2D eigenvalue weighted by Gasteiger charge is 2.10. The molecule has 13 heavy (non-hydrogen) atoms. The first kappa shape index (κ1) is 8.76. The van der Waals surface area contributed by atoms with Crippen molar-refractivity contribution < 1.29 is 0 Å². The molecule has 0 amide bonds. The molecular weight excluding hydrogens is 158 g/mol. The fourth-order valence-electron chi connectivity index (χ4n) is 1.88. The molecule has 1 aromatic rings. The van der Waals surface area contributed by atoms with Gasteiger partial charge in [-0.3, -0.25) is 0 Å². The maximum Gasteiger partial charge on any atom is 0.00218 e. The predicted molar refractivity (Wildman–Crippen MR) is 54.7 cm³/mol. The molecule has 0 atom stereocenters. The molecule has 1 nitrogen and oxygen atoms in total. The molecule has 1 heterocycles. The SMILES string of the molecule is [c]1ccc(CCN2CCCC2)cc1. The van der Waals surface area contributed by atoms with Gasteiger partial charge in [-0.05, 0) is 44.0 Å². The van der Waals surface area contributed by atoms with Gasteiger partial charge in [0, 0.05) is 6.54 Å². The summed E-state index contributed by atoms with van der Waals surface area (Å²) in [5.74, 6) is 0. The lowest BCUT2D eigenvalue weighted by Crippen LogP contribution is -2.21. The Morgan fingerprint density at radius 1 is 1.15 bits per heavy atom. The highest BCUT2D eigenvalue weighted by atomic mass is 15.1. The quantitative estimate of drug-likeness (QED) is 0.678. The minimum Gasteiger partial charge on any atom is -0.303 e. The van der Waals surface area contributed by atoms with Crippen molar-refractivity contribution in [1.82, 2.24) is 4.90 Å². The zero-order chi connectivity index (χ0) is 8.93. The maximum absolute atomic E-state index is 3.05. The first-order valence-electron chi connectivity index (χ1n) is 5.12. The Hall–Kier alpha value is -0.820. The van der Waals surface area contributed by atoms with Crippen molar-refractivity contribution in [3.8, 4) is 0 Å². The smallest absolute Gasteiger partial charge is 0.00218 e. The Labute approximate surface area is 80.4 Å². The molecule has 0 spiro atoms. The van der Waals surface area contributed by atoms with Crippen LogP contribution in [0.3, 0.4) is 0 Å². The second kappa shape index (κ2) is 4.43. The van der Waals surface area contributed by atoms with Crippen LogP contribution in [0.4, 0.5) is 0 Å². The fourth-order valence-corrected chi connectivity index (χ4v) is 1.88. The molecular formula is C12H16N. The van der Waals surface area contributed by atoms with Crippen molar-refractivity contribution in [3.63, 3.8) is 0 Å². The summed E-state index contributed by atoms with van der Waals surface area (Å²) in [7, 11) is 0. The number of rotatable bonds is 3. The van der Waals surface area contributed by atoms with E-state index in [-0.39, 0.29) is 0 Å². The van der Waals surface area contributed by atoms with Crippen LogP contribution in [0.2, 0.25) is 0 Å². The summed E-state index contributed by atoms with van der Waals surface area (Å²) in [5.41, 5.74) is 1.44. The molecule has 0 saturated carbocycles. The van der Waals surface area contributed by atoms with Gasteiger partial charge in [0.1, 0.15) is 0 Å². The van der Waals surface area contributed by atoms with Crippen molar-refractivity contribution in [1.29, 1.82) is 0 Å².